The maximum atomic E-state index is 10.6. The van der Waals surface area contributed by atoms with Crippen LogP contribution in [0.1, 0.15) is 20.8 Å². The van der Waals surface area contributed by atoms with Crippen LogP contribution in [0.3, 0.4) is 0 Å². The minimum atomic E-state index is -4.45. The molecule has 0 saturated heterocycles. The van der Waals surface area contributed by atoms with Gasteiger partial charge >= 0.3 is 92.4 Å². The molecule has 0 spiro atoms. The van der Waals surface area contributed by atoms with Crippen LogP contribution < -0.4 is 0 Å². The zero-order chi connectivity index (χ0) is 11.4. The van der Waals surface area contributed by atoms with E-state index in [1.165, 1.54) is 0 Å². The van der Waals surface area contributed by atoms with E-state index in [9.17, 15) is 14.4 Å². The van der Waals surface area contributed by atoms with Gasteiger partial charge in [0.15, 0.2) is 0 Å². The van der Waals surface area contributed by atoms with Gasteiger partial charge in [-0.3, -0.25) is 0 Å². The summed E-state index contributed by atoms with van der Waals surface area (Å²) in [4.78, 5) is 31.9. The van der Waals surface area contributed by atoms with E-state index in [-0.39, 0.29) is 0 Å². The Bertz CT molecular complexity index is 224. The fourth-order valence-corrected chi connectivity index (χ4v) is 8.46. The van der Waals surface area contributed by atoms with Crippen molar-refractivity contribution in [1.82, 2.24) is 0 Å². The van der Waals surface area contributed by atoms with Crippen LogP contribution in [0.15, 0.2) is 0 Å². The molecule has 80 valence electrons. The molecular weight excluding hydrogens is 367 g/mol. The molecule has 0 fully saturated rings. The Hall–Kier alpha value is -0.311. The van der Waals surface area contributed by atoms with Gasteiger partial charge in [-0.15, -0.1) is 0 Å². The first-order chi connectivity index (χ1) is 6.25. The molecule has 0 aromatic carbocycles. The van der Waals surface area contributed by atoms with Crippen LogP contribution in [0.4, 0.5) is 0 Å². The quantitative estimate of drug-likeness (QED) is 0.669. The van der Waals surface area contributed by atoms with Gasteiger partial charge in [0.2, 0.25) is 0 Å². The maximum absolute atomic E-state index is 10.6. The second kappa shape index (κ2) is 5.54. The van der Waals surface area contributed by atoms with Crippen LogP contribution in [-0.4, -0.2) is 35.3 Å². The van der Waals surface area contributed by atoms with E-state index in [1.807, 2.05) is 0 Å². The second-order valence-electron chi connectivity index (χ2n) is 2.26. The van der Waals surface area contributed by atoms with Gasteiger partial charge < -0.3 is 0 Å². The molecule has 0 aromatic rings. The molecule has 0 bridgehead atoms. The van der Waals surface area contributed by atoms with E-state index in [0.717, 1.165) is 20.8 Å². The van der Waals surface area contributed by atoms with E-state index in [1.54, 1.807) is 0 Å². The Balaban J connectivity index is 4.56. The van der Waals surface area contributed by atoms with Gasteiger partial charge in [0.05, 0.1) is 0 Å². The van der Waals surface area contributed by atoms with Crippen molar-refractivity contribution in [3.05, 3.63) is 0 Å². The Morgan fingerprint density at radius 2 is 1.07 bits per heavy atom. The summed E-state index contributed by atoms with van der Waals surface area (Å²) in [6, 6.07) is 0. The molecule has 0 aliphatic heterocycles. The van der Waals surface area contributed by atoms with Crippen molar-refractivity contribution in [1.29, 1.82) is 0 Å². The van der Waals surface area contributed by atoms with Crippen LogP contribution in [0.2, 0.25) is 0 Å². The van der Waals surface area contributed by atoms with E-state index in [0.29, 0.717) is 0 Å². The first kappa shape index (κ1) is 13.7. The number of carbonyl (C=O) groups excluding carboxylic acids is 3. The van der Waals surface area contributed by atoms with E-state index in [2.05, 4.69) is 21.9 Å². The third-order valence-electron chi connectivity index (χ3n) is 0.797. The van der Waals surface area contributed by atoms with Gasteiger partial charge in [0.1, 0.15) is 0 Å². The van der Waals surface area contributed by atoms with Crippen molar-refractivity contribution in [2.75, 3.05) is 0 Å². The van der Waals surface area contributed by atoms with Crippen molar-refractivity contribution in [3.8, 4) is 0 Å². The molecule has 6 nitrogen and oxygen atoms in total. The Morgan fingerprint density at radius 3 is 1.21 bits per heavy atom. The molecule has 14 heavy (non-hydrogen) atoms. The number of rotatable bonds is 3. The van der Waals surface area contributed by atoms with Gasteiger partial charge in [0, 0.05) is 0 Å². The van der Waals surface area contributed by atoms with E-state index < -0.39 is 35.3 Å². The molecule has 0 heterocycles. The van der Waals surface area contributed by atoms with Gasteiger partial charge in [-0.2, -0.15) is 0 Å². The van der Waals surface area contributed by atoms with Crippen molar-refractivity contribution < 1.29 is 23.6 Å². The van der Waals surface area contributed by atoms with Crippen LogP contribution in [0.5, 0.6) is 0 Å². The van der Waals surface area contributed by atoms with Crippen LogP contribution >= 0.6 is 12.7 Å². The van der Waals surface area contributed by atoms with Crippen molar-refractivity contribution in [2.45, 2.75) is 20.8 Å². The molecule has 0 amide bonds. The molecule has 0 aliphatic rings. The predicted octanol–water partition coefficient (Wildman–Crippen LogP) is 0.506. The zero-order valence-electron chi connectivity index (χ0n) is 7.83. The summed E-state index contributed by atoms with van der Waals surface area (Å²) < 4.78 is 14.0. The van der Waals surface area contributed by atoms with Crippen LogP contribution in [0.25, 0.3) is 0 Å². The van der Waals surface area contributed by atoms with Gasteiger partial charge in [0.25, 0.3) is 0 Å². The average Bonchev–Trinajstić information content (AvgIpc) is 1.76. The third-order valence-corrected chi connectivity index (χ3v) is 8.60. The number of halogens is 1. The normalized spacial score (nSPS) is 10.3. The molecule has 0 rings (SSSR count). The molecule has 0 aromatic heterocycles. The first-order valence-electron chi connectivity index (χ1n) is 3.53. The van der Waals surface area contributed by atoms with Gasteiger partial charge in [-0.1, -0.05) is 0 Å². The average molecular weight is 376 g/mol. The minimum absolute atomic E-state index is 0.680. The standard InChI is InChI=1S/3C2H4O2.BrH.Sn/c3*1-2(3)4;;/h3*1H3,(H,3,4);1H;/q;;;;+4/p-4. The summed E-state index contributed by atoms with van der Waals surface area (Å²) in [5.74, 6) is -2.04. The fourth-order valence-electron chi connectivity index (χ4n) is 0.578. The molecule has 0 unspecified atom stereocenters. The Kier molecular flexibility index (Phi) is 5.42. The molecule has 0 N–H and O–H groups in total. The summed E-state index contributed by atoms with van der Waals surface area (Å²) in [5, 5.41) is 0. The summed E-state index contributed by atoms with van der Waals surface area (Å²) in [7, 11) is 0. The van der Waals surface area contributed by atoms with Crippen LogP contribution in [0, 0.1) is 0 Å². The third kappa shape index (κ3) is 6.19. The molecule has 0 aliphatic carbocycles. The van der Waals surface area contributed by atoms with Crippen molar-refractivity contribution >= 4 is 48.0 Å². The summed E-state index contributed by atoms with van der Waals surface area (Å²) >= 11 is -1.58. The fraction of sp³-hybridized carbons (Fsp3) is 0.500. The molecular formula is C6H9BrO6Sn. The number of hydrogen-bond donors (Lipinski definition) is 0. The Labute approximate surface area is 92.2 Å². The van der Waals surface area contributed by atoms with Gasteiger partial charge in [-0.05, 0) is 0 Å². The molecule has 0 atom stereocenters. The topological polar surface area (TPSA) is 78.9 Å². The second-order valence-corrected chi connectivity index (χ2v) is 13.3. The van der Waals surface area contributed by atoms with Crippen molar-refractivity contribution in [3.63, 3.8) is 0 Å². The van der Waals surface area contributed by atoms with Crippen molar-refractivity contribution in [2.24, 2.45) is 0 Å². The van der Waals surface area contributed by atoms with Gasteiger partial charge in [-0.25, -0.2) is 0 Å². The summed E-state index contributed by atoms with van der Waals surface area (Å²) in [5.41, 5.74) is 0. The first-order valence-corrected chi connectivity index (χ1v) is 13.4. The molecule has 0 radical (unpaired) electrons. The SMILES string of the molecule is CC(=O)[O][Sn]([Br])([O]C(C)=O)[O]C(C)=O. The molecule has 0 saturated carbocycles. The van der Waals surface area contributed by atoms with Crippen LogP contribution in [-0.2, 0) is 23.6 Å². The van der Waals surface area contributed by atoms with E-state index in [4.69, 9.17) is 0 Å². The number of hydrogen-bond acceptors (Lipinski definition) is 6. The number of carbonyl (C=O) groups is 3. The zero-order valence-corrected chi connectivity index (χ0v) is 12.3. The van der Waals surface area contributed by atoms with E-state index >= 15 is 0 Å². The molecule has 8 heteroatoms. The monoisotopic (exact) mass is 376 g/mol. The Morgan fingerprint density at radius 1 is 0.857 bits per heavy atom. The summed E-state index contributed by atoms with van der Waals surface area (Å²) in [6.45, 7) is 3.37. The predicted molar refractivity (Wildman–Crippen MR) is 50.0 cm³/mol. The summed E-state index contributed by atoms with van der Waals surface area (Å²) in [6.07, 6.45) is 0.